The third-order valence-corrected chi connectivity index (χ3v) is 4.27. The minimum atomic E-state index is -2.40. The molecule has 2 aliphatic heterocycles. The molecule has 1 aromatic carbocycles. The first-order chi connectivity index (χ1) is 11.0. The summed E-state index contributed by atoms with van der Waals surface area (Å²) in [7, 11) is 0. The molecule has 0 bridgehead atoms. The van der Waals surface area contributed by atoms with Gasteiger partial charge in [0.05, 0.1) is 11.1 Å². The molecule has 2 aliphatic rings. The van der Waals surface area contributed by atoms with Crippen molar-refractivity contribution >= 4 is 29.3 Å². The average molecular weight is 333 g/mol. The Hall–Kier alpha value is -2.86. The molecule has 11 N–H and O–H groups in total. The van der Waals surface area contributed by atoms with Crippen LogP contribution in [0.15, 0.2) is 18.2 Å². The lowest BCUT2D eigenvalue weighted by Crippen LogP contribution is -2.91. The summed E-state index contributed by atoms with van der Waals surface area (Å²) in [5.74, 6) is -3.90. The molecule has 1 fully saturated rings. The normalized spacial score (nSPS) is 24.8. The smallest absolute Gasteiger partial charge is 0.264 e. The van der Waals surface area contributed by atoms with E-state index in [0.717, 1.165) is 0 Å². The predicted octanol–water partition coefficient (Wildman–Crippen LogP) is -3.88. The van der Waals surface area contributed by atoms with Crippen LogP contribution in [0.25, 0.3) is 0 Å². The number of nitrogen functional groups attached to an aromatic ring is 1. The lowest BCUT2D eigenvalue weighted by molar-refractivity contribution is -0.146. The highest BCUT2D eigenvalue weighted by Crippen LogP contribution is 2.32. The van der Waals surface area contributed by atoms with Crippen LogP contribution in [0.2, 0.25) is 0 Å². The summed E-state index contributed by atoms with van der Waals surface area (Å²) in [5, 5.41) is 1.87. The molecule has 1 aromatic rings. The maximum Gasteiger partial charge on any atom is 0.264 e. The Labute approximate surface area is 135 Å². The lowest BCUT2D eigenvalue weighted by Gasteiger charge is -2.48. The summed E-state index contributed by atoms with van der Waals surface area (Å²) in [6.45, 7) is 0. The third kappa shape index (κ3) is 1.74. The van der Waals surface area contributed by atoms with E-state index in [1.165, 1.54) is 18.2 Å². The summed E-state index contributed by atoms with van der Waals surface area (Å²) < 4.78 is 0. The minimum absolute atomic E-state index is 0.0138. The van der Waals surface area contributed by atoms with Crippen molar-refractivity contribution in [3.05, 3.63) is 29.3 Å². The number of piperidine rings is 1. The first-order valence-electron chi connectivity index (χ1n) is 6.79. The van der Waals surface area contributed by atoms with Gasteiger partial charge >= 0.3 is 0 Å². The van der Waals surface area contributed by atoms with E-state index in [1.54, 1.807) is 0 Å². The molecule has 3 rings (SSSR count). The van der Waals surface area contributed by atoms with Gasteiger partial charge in [0.15, 0.2) is 11.7 Å². The Bertz CT molecular complexity index is 817. The van der Waals surface area contributed by atoms with Gasteiger partial charge in [-0.25, -0.2) is 0 Å². The Kier molecular flexibility index (Phi) is 3.06. The lowest BCUT2D eigenvalue weighted by atomic mass is 9.82. The monoisotopic (exact) mass is 333 g/mol. The van der Waals surface area contributed by atoms with Gasteiger partial charge < -0.3 is 28.7 Å². The third-order valence-electron chi connectivity index (χ3n) is 4.27. The summed E-state index contributed by atoms with van der Waals surface area (Å²) in [6.07, 6.45) is 0. The molecule has 11 heteroatoms. The SMILES string of the molecule is Nc1cccc2c1C(=O)N(C1C(=O)NC(=O)C(N)(N)C1(N)N)C2=O. The van der Waals surface area contributed by atoms with Gasteiger partial charge in [0.2, 0.25) is 0 Å². The van der Waals surface area contributed by atoms with Crippen molar-refractivity contribution in [2.75, 3.05) is 5.73 Å². The number of amides is 4. The summed E-state index contributed by atoms with van der Waals surface area (Å²) >= 11 is 0. The Balaban J connectivity index is 2.14. The number of nitrogens with two attached hydrogens (primary N) is 5. The van der Waals surface area contributed by atoms with Gasteiger partial charge in [-0.3, -0.25) is 29.4 Å². The molecule has 24 heavy (non-hydrogen) atoms. The highest BCUT2D eigenvalue weighted by molar-refractivity contribution is 6.25. The number of hydrogen-bond acceptors (Lipinski definition) is 9. The highest BCUT2D eigenvalue weighted by Gasteiger charge is 2.63. The molecule has 0 radical (unpaired) electrons. The first-order valence-corrected chi connectivity index (χ1v) is 6.79. The molecule has 0 aliphatic carbocycles. The number of nitrogens with one attached hydrogen (secondary N) is 1. The average Bonchev–Trinajstić information content (AvgIpc) is 2.72. The largest absolute Gasteiger partial charge is 0.398 e. The predicted molar refractivity (Wildman–Crippen MR) is 80.5 cm³/mol. The van der Waals surface area contributed by atoms with Crippen molar-refractivity contribution in [1.82, 2.24) is 10.2 Å². The quantitative estimate of drug-likeness (QED) is 0.168. The van der Waals surface area contributed by atoms with Crippen LogP contribution >= 0.6 is 0 Å². The standard InChI is InChI=1S/C13H15N7O4/c14-5-3-1-2-4-6(5)10(23)20(9(4)22)7-8(21)19-11(24)13(17,18)12(7,15)16/h1-3,7H,14-18H2,(H,19,21,24). The second-order valence-corrected chi connectivity index (χ2v) is 5.77. The van der Waals surface area contributed by atoms with Gasteiger partial charge in [0, 0.05) is 5.69 Å². The van der Waals surface area contributed by atoms with E-state index >= 15 is 0 Å². The molecule has 11 nitrogen and oxygen atoms in total. The van der Waals surface area contributed by atoms with E-state index in [-0.39, 0.29) is 16.8 Å². The van der Waals surface area contributed by atoms with Crippen LogP contribution in [-0.4, -0.2) is 45.9 Å². The first kappa shape index (κ1) is 16.0. The van der Waals surface area contributed by atoms with Gasteiger partial charge in [0.25, 0.3) is 23.6 Å². The number of anilines is 1. The fourth-order valence-corrected chi connectivity index (χ4v) is 2.82. The second-order valence-electron chi connectivity index (χ2n) is 5.77. The zero-order valence-electron chi connectivity index (χ0n) is 12.3. The molecule has 4 amide bonds. The number of carbonyl (C=O) groups is 4. The molecule has 0 aromatic heterocycles. The molecule has 1 saturated heterocycles. The van der Waals surface area contributed by atoms with Crippen LogP contribution in [-0.2, 0) is 9.59 Å². The van der Waals surface area contributed by atoms with Crippen LogP contribution < -0.4 is 34.0 Å². The van der Waals surface area contributed by atoms with E-state index in [4.69, 9.17) is 28.7 Å². The van der Waals surface area contributed by atoms with Crippen LogP contribution in [0.4, 0.5) is 5.69 Å². The highest BCUT2D eigenvalue weighted by atomic mass is 16.2. The van der Waals surface area contributed by atoms with Crippen LogP contribution in [0.3, 0.4) is 0 Å². The van der Waals surface area contributed by atoms with Crippen molar-refractivity contribution < 1.29 is 19.2 Å². The number of nitrogens with zero attached hydrogens (tertiary/aromatic N) is 1. The number of benzene rings is 1. The Morgan fingerprint density at radius 3 is 2.21 bits per heavy atom. The molecule has 0 saturated carbocycles. The van der Waals surface area contributed by atoms with Gasteiger partial charge in [-0.1, -0.05) is 6.07 Å². The van der Waals surface area contributed by atoms with Crippen LogP contribution in [0.5, 0.6) is 0 Å². The second kappa shape index (κ2) is 4.58. The van der Waals surface area contributed by atoms with Gasteiger partial charge in [-0.05, 0) is 12.1 Å². The van der Waals surface area contributed by atoms with E-state index in [9.17, 15) is 19.2 Å². The minimum Gasteiger partial charge on any atom is -0.398 e. The number of imide groups is 2. The summed E-state index contributed by atoms with van der Waals surface area (Å²) in [5.41, 5.74) is 23.8. The zero-order chi connectivity index (χ0) is 18.0. The van der Waals surface area contributed by atoms with E-state index < -0.39 is 41.0 Å². The molecular formula is C13H15N7O4. The van der Waals surface area contributed by atoms with Gasteiger partial charge in [0.1, 0.15) is 5.66 Å². The van der Waals surface area contributed by atoms with Crippen molar-refractivity contribution in [2.24, 2.45) is 22.9 Å². The topological polar surface area (TPSA) is 214 Å². The van der Waals surface area contributed by atoms with Crippen molar-refractivity contribution in [1.29, 1.82) is 0 Å². The van der Waals surface area contributed by atoms with E-state index in [2.05, 4.69) is 0 Å². The van der Waals surface area contributed by atoms with Crippen molar-refractivity contribution in [3.8, 4) is 0 Å². The van der Waals surface area contributed by atoms with Gasteiger partial charge in [-0.15, -0.1) is 0 Å². The fourth-order valence-electron chi connectivity index (χ4n) is 2.82. The zero-order valence-corrected chi connectivity index (χ0v) is 12.3. The summed E-state index contributed by atoms with van der Waals surface area (Å²) in [6, 6.07) is 2.47. The Morgan fingerprint density at radius 2 is 1.62 bits per heavy atom. The van der Waals surface area contributed by atoms with Crippen molar-refractivity contribution in [3.63, 3.8) is 0 Å². The van der Waals surface area contributed by atoms with Crippen LogP contribution in [0, 0.1) is 0 Å². The van der Waals surface area contributed by atoms with E-state index in [1.807, 2.05) is 5.32 Å². The van der Waals surface area contributed by atoms with E-state index in [0.29, 0.717) is 4.90 Å². The molecule has 0 spiro atoms. The number of carbonyl (C=O) groups excluding carboxylic acids is 4. The molecule has 126 valence electrons. The molecule has 1 atom stereocenters. The van der Waals surface area contributed by atoms with Crippen LogP contribution in [0.1, 0.15) is 20.7 Å². The number of fused-ring (bicyclic) bond motifs is 1. The molecular weight excluding hydrogens is 318 g/mol. The Morgan fingerprint density at radius 1 is 1.00 bits per heavy atom. The number of rotatable bonds is 1. The molecule has 1 unspecified atom stereocenters. The maximum atomic E-state index is 12.6. The summed E-state index contributed by atoms with van der Waals surface area (Å²) in [4.78, 5) is 49.8. The van der Waals surface area contributed by atoms with Gasteiger partial charge in [-0.2, -0.15) is 0 Å². The number of hydrogen-bond donors (Lipinski definition) is 6. The van der Waals surface area contributed by atoms with Crippen molar-refractivity contribution in [2.45, 2.75) is 17.4 Å². The maximum absolute atomic E-state index is 12.6. The molecule has 2 heterocycles. The fraction of sp³-hybridized carbons (Fsp3) is 0.231.